The van der Waals surface area contributed by atoms with Gasteiger partial charge in [0.1, 0.15) is 0 Å². The molecule has 0 aromatic carbocycles. The minimum atomic E-state index is -0.609. The lowest BCUT2D eigenvalue weighted by Crippen LogP contribution is -2.20. The number of urea groups is 1. The van der Waals surface area contributed by atoms with Crippen molar-refractivity contribution >= 4 is 11.8 Å². The number of aromatic nitrogens is 2. The van der Waals surface area contributed by atoms with Gasteiger partial charge in [0.25, 0.3) is 0 Å². The van der Waals surface area contributed by atoms with Crippen molar-refractivity contribution in [3.8, 4) is 0 Å². The number of hydrogen-bond acceptors (Lipinski definition) is 3. The first-order valence-corrected chi connectivity index (χ1v) is 4.14. The minimum Gasteiger partial charge on any atom is -0.351 e. The molecule has 0 spiro atoms. The monoisotopic (exact) mass is 178 g/mol. The second-order valence-corrected chi connectivity index (χ2v) is 3.09. The largest absolute Gasteiger partial charge is 0.351 e. The Morgan fingerprint density at radius 3 is 2.92 bits per heavy atom. The van der Waals surface area contributed by atoms with Crippen LogP contribution in [0.25, 0.3) is 0 Å². The van der Waals surface area contributed by atoms with E-state index in [0.717, 1.165) is 18.5 Å². The Morgan fingerprint density at radius 2 is 2.31 bits per heavy atom. The number of hydrogen-bond donors (Lipinski definition) is 2. The number of nitrogens with two attached hydrogens (primary N) is 1. The van der Waals surface area contributed by atoms with Crippen LogP contribution in [0.15, 0.2) is 12.4 Å². The summed E-state index contributed by atoms with van der Waals surface area (Å²) in [6.07, 6.45) is 5.53. The third-order valence-corrected chi connectivity index (χ3v) is 1.90. The summed E-state index contributed by atoms with van der Waals surface area (Å²) in [4.78, 5) is 18.7. The normalized spacial score (nSPS) is 15.4. The number of primary amides is 1. The molecule has 0 bridgehead atoms. The van der Waals surface area contributed by atoms with E-state index in [4.69, 9.17) is 5.73 Å². The number of carbonyl (C=O) groups excluding carboxylic acids is 1. The maximum Gasteiger partial charge on any atom is 0.317 e. The summed E-state index contributed by atoms with van der Waals surface area (Å²) in [5.74, 6) is 0.957. The molecule has 0 aliphatic heterocycles. The summed E-state index contributed by atoms with van der Waals surface area (Å²) in [7, 11) is 0. The Hall–Kier alpha value is -1.65. The van der Waals surface area contributed by atoms with Crippen molar-refractivity contribution < 1.29 is 4.79 Å². The molecule has 5 nitrogen and oxygen atoms in total. The van der Waals surface area contributed by atoms with Crippen LogP contribution in [0.3, 0.4) is 0 Å². The van der Waals surface area contributed by atoms with Gasteiger partial charge < -0.3 is 5.73 Å². The van der Waals surface area contributed by atoms with Crippen LogP contribution in [0.4, 0.5) is 10.6 Å². The first kappa shape index (κ1) is 7.97. The van der Waals surface area contributed by atoms with Gasteiger partial charge in [-0.1, -0.05) is 0 Å². The molecule has 0 unspecified atom stereocenters. The van der Waals surface area contributed by atoms with Gasteiger partial charge in [0.2, 0.25) is 0 Å². The van der Waals surface area contributed by atoms with Gasteiger partial charge in [0.05, 0.1) is 11.9 Å². The molecule has 0 radical (unpaired) electrons. The van der Waals surface area contributed by atoms with E-state index in [1.54, 1.807) is 6.20 Å². The van der Waals surface area contributed by atoms with Crippen molar-refractivity contribution in [2.45, 2.75) is 18.8 Å². The van der Waals surface area contributed by atoms with Crippen LogP contribution in [-0.2, 0) is 0 Å². The van der Waals surface area contributed by atoms with Gasteiger partial charge in [0.15, 0.2) is 5.82 Å². The molecular weight excluding hydrogens is 168 g/mol. The molecule has 3 N–H and O–H groups in total. The van der Waals surface area contributed by atoms with Crippen molar-refractivity contribution in [3.05, 3.63) is 18.1 Å². The van der Waals surface area contributed by atoms with E-state index in [2.05, 4.69) is 15.3 Å². The topological polar surface area (TPSA) is 80.9 Å². The van der Waals surface area contributed by atoms with Gasteiger partial charge >= 0.3 is 6.03 Å². The van der Waals surface area contributed by atoms with Gasteiger partial charge in [-0.2, -0.15) is 0 Å². The Balaban J connectivity index is 2.16. The lowest BCUT2D eigenvalue weighted by atomic mass is 10.3. The molecule has 5 heteroatoms. The zero-order chi connectivity index (χ0) is 9.26. The van der Waals surface area contributed by atoms with E-state index in [1.807, 2.05) is 0 Å². The van der Waals surface area contributed by atoms with E-state index < -0.39 is 6.03 Å². The third-order valence-electron chi connectivity index (χ3n) is 1.90. The van der Waals surface area contributed by atoms with Crippen molar-refractivity contribution in [2.75, 3.05) is 5.32 Å². The van der Waals surface area contributed by atoms with Gasteiger partial charge in [-0.05, 0) is 12.8 Å². The van der Waals surface area contributed by atoms with Crippen molar-refractivity contribution in [1.82, 2.24) is 9.97 Å². The number of nitrogens with zero attached hydrogens (tertiary/aromatic N) is 2. The fourth-order valence-electron chi connectivity index (χ4n) is 1.14. The average Bonchev–Trinajstić information content (AvgIpc) is 2.85. The van der Waals surface area contributed by atoms with Gasteiger partial charge in [0, 0.05) is 12.1 Å². The van der Waals surface area contributed by atoms with E-state index in [-0.39, 0.29) is 0 Å². The SMILES string of the molecule is NC(=O)Nc1cncc(C2CC2)n1. The molecule has 1 heterocycles. The average molecular weight is 178 g/mol. The number of rotatable bonds is 2. The molecule has 0 saturated heterocycles. The number of nitrogens with one attached hydrogen (secondary N) is 1. The summed E-state index contributed by atoms with van der Waals surface area (Å²) in [5.41, 5.74) is 5.88. The molecule has 2 amide bonds. The summed E-state index contributed by atoms with van der Waals surface area (Å²) >= 11 is 0. The fraction of sp³-hybridized carbons (Fsp3) is 0.375. The van der Waals surface area contributed by atoms with E-state index >= 15 is 0 Å². The number of carbonyl (C=O) groups is 1. The van der Waals surface area contributed by atoms with E-state index in [1.165, 1.54) is 6.20 Å². The minimum absolute atomic E-state index is 0.428. The Bertz CT molecular complexity index is 335. The number of anilines is 1. The van der Waals surface area contributed by atoms with Crippen LogP contribution in [0.1, 0.15) is 24.5 Å². The maximum atomic E-state index is 10.5. The maximum absolute atomic E-state index is 10.5. The van der Waals surface area contributed by atoms with Crippen molar-refractivity contribution in [3.63, 3.8) is 0 Å². The van der Waals surface area contributed by atoms with Gasteiger partial charge in [-0.3, -0.25) is 10.3 Å². The van der Waals surface area contributed by atoms with Crippen molar-refractivity contribution in [2.24, 2.45) is 5.73 Å². The molecule has 13 heavy (non-hydrogen) atoms. The predicted molar refractivity (Wildman–Crippen MR) is 47.2 cm³/mol. The summed E-state index contributed by atoms with van der Waals surface area (Å²) < 4.78 is 0. The highest BCUT2D eigenvalue weighted by atomic mass is 16.2. The molecule has 1 fully saturated rings. The van der Waals surface area contributed by atoms with Crippen molar-refractivity contribution in [1.29, 1.82) is 0 Å². The van der Waals surface area contributed by atoms with Crippen LogP contribution < -0.4 is 11.1 Å². The molecule has 1 aromatic rings. The van der Waals surface area contributed by atoms with Crippen LogP contribution in [0.5, 0.6) is 0 Å². The van der Waals surface area contributed by atoms with E-state index in [0.29, 0.717) is 11.7 Å². The molecule has 0 atom stereocenters. The van der Waals surface area contributed by atoms with Crippen LogP contribution in [0, 0.1) is 0 Å². The summed E-state index contributed by atoms with van der Waals surface area (Å²) in [6, 6.07) is -0.609. The zero-order valence-electron chi connectivity index (χ0n) is 7.03. The van der Waals surface area contributed by atoms with E-state index in [9.17, 15) is 4.79 Å². The highest BCUT2D eigenvalue weighted by Gasteiger charge is 2.25. The number of amides is 2. The first-order valence-electron chi connectivity index (χ1n) is 4.14. The van der Waals surface area contributed by atoms with Gasteiger partial charge in [-0.25, -0.2) is 9.78 Å². The molecule has 1 aliphatic rings. The standard InChI is InChI=1S/C8H10N4O/c9-8(13)12-7-4-10-3-6(11-7)5-1-2-5/h3-5H,1-2H2,(H3,9,11,12,13). The Kier molecular flexibility index (Phi) is 1.84. The second kappa shape index (κ2) is 3.01. The molecular formula is C8H10N4O. The third kappa shape index (κ3) is 1.93. The Morgan fingerprint density at radius 1 is 1.54 bits per heavy atom. The molecule has 1 aliphatic carbocycles. The highest BCUT2D eigenvalue weighted by molar-refractivity contribution is 5.86. The second-order valence-electron chi connectivity index (χ2n) is 3.09. The Labute approximate surface area is 75.4 Å². The van der Waals surface area contributed by atoms with Gasteiger partial charge in [-0.15, -0.1) is 0 Å². The van der Waals surface area contributed by atoms with Crippen LogP contribution >= 0.6 is 0 Å². The lowest BCUT2D eigenvalue weighted by molar-refractivity contribution is 0.259. The summed E-state index contributed by atoms with van der Waals surface area (Å²) in [5, 5.41) is 2.39. The predicted octanol–water partition coefficient (Wildman–Crippen LogP) is 0.845. The highest BCUT2D eigenvalue weighted by Crippen LogP contribution is 2.38. The summed E-state index contributed by atoms with van der Waals surface area (Å²) in [6.45, 7) is 0. The molecule has 68 valence electrons. The molecule has 2 rings (SSSR count). The first-order chi connectivity index (χ1) is 6.25. The fourth-order valence-corrected chi connectivity index (χ4v) is 1.14. The molecule has 1 aromatic heterocycles. The smallest absolute Gasteiger partial charge is 0.317 e. The van der Waals surface area contributed by atoms with Crippen LogP contribution in [0.2, 0.25) is 0 Å². The quantitative estimate of drug-likeness (QED) is 0.704. The lowest BCUT2D eigenvalue weighted by Gasteiger charge is -2.01. The molecule has 1 saturated carbocycles. The van der Waals surface area contributed by atoms with Crippen LogP contribution in [-0.4, -0.2) is 16.0 Å². The zero-order valence-corrected chi connectivity index (χ0v) is 7.03.